The molecule has 1 heterocycles. The first-order valence-electron chi connectivity index (χ1n) is 8.49. The van der Waals surface area contributed by atoms with Gasteiger partial charge >= 0.3 is 12.2 Å². The first-order valence-corrected chi connectivity index (χ1v) is 9.98. The van der Waals surface area contributed by atoms with Crippen molar-refractivity contribution in [3.63, 3.8) is 0 Å². The van der Waals surface area contributed by atoms with Gasteiger partial charge in [0.15, 0.2) is 5.82 Å². The smallest absolute Gasteiger partial charge is 0.416 e. The van der Waals surface area contributed by atoms with Crippen molar-refractivity contribution in [1.82, 2.24) is 19.5 Å². The van der Waals surface area contributed by atoms with Gasteiger partial charge < -0.3 is 4.74 Å². The molecule has 0 saturated carbocycles. The molecule has 0 unspecified atom stereocenters. The summed E-state index contributed by atoms with van der Waals surface area (Å²) < 4.78 is 85.8. The van der Waals surface area contributed by atoms with Gasteiger partial charge in [-0.15, -0.1) is 5.10 Å². The molecule has 3 rings (SSSR count). The summed E-state index contributed by atoms with van der Waals surface area (Å²) in [5, 5.41) is 7.69. The molecule has 0 aliphatic rings. The molecule has 7 nitrogen and oxygen atoms in total. The maximum absolute atomic E-state index is 13.0. The zero-order valence-electron chi connectivity index (χ0n) is 15.7. The van der Waals surface area contributed by atoms with E-state index in [9.17, 15) is 26.0 Å². The van der Waals surface area contributed by atoms with E-state index in [0.717, 1.165) is 18.2 Å². The molecule has 0 spiro atoms. The topological polar surface area (TPSA) is 86.1 Å². The molecule has 1 N–H and O–H groups in total. The van der Waals surface area contributed by atoms with E-state index in [4.69, 9.17) is 4.74 Å². The number of sulfonamides is 1. The van der Waals surface area contributed by atoms with Crippen LogP contribution >= 0.6 is 0 Å². The molecular weight excluding hydrogens is 428 g/mol. The third-order valence-corrected chi connectivity index (χ3v) is 5.62. The monoisotopic (exact) mass is 444 g/mol. The Balaban J connectivity index is 1.79. The normalized spacial score (nSPS) is 13.3. The molecule has 0 saturated heterocycles. The Morgan fingerprint density at radius 1 is 1.10 bits per heavy atom. The van der Waals surface area contributed by atoms with Gasteiger partial charge in [-0.1, -0.05) is 11.2 Å². The Hall–Kier alpha value is -2.99. The lowest BCUT2D eigenvalue weighted by molar-refractivity contribution is -0.137. The van der Waals surface area contributed by atoms with Gasteiger partial charge in [0.05, 0.1) is 16.5 Å². The number of ether oxygens (including phenoxy) is 1. The van der Waals surface area contributed by atoms with E-state index in [1.165, 1.54) is 42.8 Å². The van der Waals surface area contributed by atoms with Gasteiger partial charge in [-0.25, -0.2) is 17.5 Å². The SMILES string of the molecule is C[C@@H](NS(=O)(=O)c1cccc(C(F)(F)F)c1)c1nnc(Oc2ccc(F)cc2)n1C. The number of aromatic nitrogens is 3. The van der Waals surface area contributed by atoms with Gasteiger partial charge in [0.2, 0.25) is 10.0 Å². The highest BCUT2D eigenvalue weighted by Gasteiger charge is 2.32. The summed E-state index contributed by atoms with van der Waals surface area (Å²) in [6, 6.07) is 7.63. The minimum absolute atomic E-state index is 0.0155. The number of hydrogen-bond donors (Lipinski definition) is 1. The van der Waals surface area contributed by atoms with Crippen molar-refractivity contribution in [2.75, 3.05) is 0 Å². The second-order valence-corrected chi connectivity index (χ2v) is 8.04. The molecule has 0 bridgehead atoms. The summed E-state index contributed by atoms with van der Waals surface area (Å²) in [5.41, 5.74) is -1.08. The summed E-state index contributed by atoms with van der Waals surface area (Å²) in [4.78, 5) is -0.533. The molecule has 30 heavy (non-hydrogen) atoms. The number of alkyl halides is 3. The maximum atomic E-state index is 13.0. The quantitative estimate of drug-likeness (QED) is 0.585. The zero-order chi connectivity index (χ0) is 22.1. The second kappa shape index (κ2) is 8.03. The number of benzene rings is 2. The van der Waals surface area contributed by atoms with E-state index in [1.54, 1.807) is 0 Å². The standard InChI is InChI=1S/C18H16F4N4O3S/c1-11(25-30(27,28)15-5-3-4-12(10-15)18(20,21)22)16-23-24-17(26(16)2)29-14-8-6-13(19)7-9-14/h3-11,25H,1-2H3/t11-/m1/s1. The Kier molecular flexibility index (Phi) is 5.81. The molecule has 0 aliphatic carbocycles. The summed E-state index contributed by atoms with van der Waals surface area (Å²) in [5.74, 6) is -0.00284. The molecule has 0 amide bonds. The van der Waals surface area contributed by atoms with Crippen LogP contribution in [-0.4, -0.2) is 23.2 Å². The van der Waals surface area contributed by atoms with Crippen LogP contribution in [0.4, 0.5) is 17.6 Å². The van der Waals surface area contributed by atoms with Crippen molar-refractivity contribution >= 4 is 10.0 Å². The predicted octanol–water partition coefficient (Wildman–Crippen LogP) is 3.80. The van der Waals surface area contributed by atoms with Crippen molar-refractivity contribution in [3.05, 3.63) is 65.7 Å². The second-order valence-electron chi connectivity index (χ2n) is 6.32. The third kappa shape index (κ3) is 4.76. The Morgan fingerprint density at radius 3 is 2.40 bits per heavy atom. The number of hydrogen-bond acceptors (Lipinski definition) is 5. The third-order valence-electron chi connectivity index (χ3n) is 4.08. The summed E-state index contributed by atoms with van der Waals surface area (Å²) in [7, 11) is -2.76. The van der Waals surface area contributed by atoms with E-state index in [1.807, 2.05) is 0 Å². The van der Waals surface area contributed by atoms with Gasteiger partial charge in [-0.2, -0.15) is 13.2 Å². The van der Waals surface area contributed by atoms with E-state index in [0.29, 0.717) is 6.07 Å². The number of halogens is 4. The lowest BCUT2D eigenvalue weighted by Crippen LogP contribution is -2.29. The Morgan fingerprint density at radius 2 is 1.77 bits per heavy atom. The molecule has 0 aliphatic heterocycles. The van der Waals surface area contributed by atoms with Gasteiger partial charge in [0, 0.05) is 7.05 Å². The number of nitrogens with zero attached hydrogens (tertiary/aromatic N) is 3. The van der Waals surface area contributed by atoms with Crippen molar-refractivity contribution < 1.29 is 30.7 Å². The fourth-order valence-corrected chi connectivity index (χ4v) is 3.84. The average Bonchev–Trinajstić information content (AvgIpc) is 3.03. The van der Waals surface area contributed by atoms with Gasteiger partial charge in [-0.05, 0) is 49.4 Å². The van der Waals surface area contributed by atoms with E-state index in [-0.39, 0.29) is 17.6 Å². The van der Waals surface area contributed by atoms with Crippen LogP contribution < -0.4 is 9.46 Å². The van der Waals surface area contributed by atoms with Crippen LogP contribution in [0.5, 0.6) is 11.8 Å². The molecule has 0 fully saturated rings. The van der Waals surface area contributed by atoms with E-state index >= 15 is 0 Å². The summed E-state index contributed by atoms with van der Waals surface area (Å²) in [6.07, 6.45) is -4.67. The first-order chi connectivity index (χ1) is 14.0. The maximum Gasteiger partial charge on any atom is 0.416 e. The van der Waals surface area contributed by atoms with Crippen LogP contribution in [0.15, 0.2) is 53.4 Å². The van der Waals surface area contributed by atoms with Gasteiger partial charge in [0.25, 0.3) is 0 Å². The molecule has 1 aromatic heterocycles. The Labute approximate surface area is 169 Å². The van der Waals surface area contributed by atoms with Crippen molar-refractivity contribution in [2.45, 2.75) is 24.0 Å². The van der Waals surface area contributed by atoms with E-state index < -0.39 is 38.5 Å². The van der Waals surface area contributed by atoms with Gasteiger partial charge in [-0.3, -0.25) is 4.57 Å². The fraction of sp³-hybridized carbons (Fsp3) is 0.222. The largest absolute Gasteiger partial charge is 0.424 e. The van der Waals surface area contributed by atoms with Crippen LogP contribution in [0.3, 0.4) is 0 Å². The van der Waals surface area contributed by atoms with Crippen LogP contribution in [0.2, 0.25) is 0 Å². The molecular formula is C18H16F4N4O3S. The van der Waals surface area contributed by atoms with Crippen LogP contribution in [-0.2, 0) is 23.2 Å². The summed E-state index contributed by atoms with van der Waals surface area (Å²) >= 11 is 0. The fourth-order valence-electron chi connectivity index (χ4n) is 2.59. The lowest BCUT2D eigenvalue weighted by Gasteiger charge is -2.15. The van der Waals surface area contributed by atoms with Gasteiger partial charge in [0.1, 0.15) is 11.6 Å². The minimum atomic E-state index is -4.67. The predicted molar refractivity (Wildman–Crippen MR) is 97.7 cm³/mol. The van der Waals surface area contributed by atoms with Crippen molar-refractivity contribution in [3.8, 4) is 11.8 Å². The van der Waals surface area contributed by atoms with E-state index in [2.05, 4.69) is 14.9 Å². The van der Waals surface area contributed by atoms with Crippen LogP contribution in [0.1, 0.15) is 24.4 Å². The number of rotatable bonds is 6. The van der Waals surface area contributed by atoms with Crippen LogP contribution in [0, 0.1) is 5.82 Å². The number of nitrogens with one attached hydrogen (secondary N) is 1. The highest BCUT2D eigenvalue weighted by atomic mass is 32.2. The highest BCUT2D eigenvalue weighted by molar-refractivity contribution is 7.89. The first kappa shape index (κ1) is 21.7. The zero-order valence-corrected chi connectivity index (χ0v) is 16.5. The molecule has 12 heteroatoms. The molecule has 2 aromatic carbocycles. The molecule has 3 aromatic rings. The van der Waals surface area contributed by atoms with Crippen molar-refractivity contribution in [1.29, 1.82) is 0 Å². The highest BCUT2D eigenvalue weighted by Crippen LogP contribution is 2.31. The summed E-state index contributed by atoms with van der Waals surface area (Å²) in [6.45, 7) is 1.46. The Bertz CT molecular complexity index is 1140. The average molecular weight is 444 g/mol. The molecule has 160 valence electrons. The molecule has 0 radical (unpaired) electrons. The molecule has 1 atom stereocenters. The van der Waals surface area contributed by atoms with Crippen molar-refractivity contribution in [2.24, 2.45) is 7.05 Å². The van der Waals surface area contributed by atoms with Crippen LogP contribution in [0.25, 0.3) is 0 Å². The minimum Gasteiger partial charge on any atom is -0.424 e. The lowest BCUT2D eigenvalue weighted by atomic mass is 10.2.